The fourth-order valence-corrected chi connectivity index (χ4v) is 2.53. The first-order valence-corrected chi connectivity index (χ1v) is 7.42. The van der Waals surface area contributed by atoms with Crippen LogP contribution in [-0.4, -0.2) is 37.6 Å². The van der Waals surface area contributed by atoms with Gasteiger partial charge in [0.1, 0.15) is 0 Å². The molecule has 1 aromatic carbocycles. The Kier molecular flexibility index (Phi) is 4.11. The molecule has 2 aliphatic rings. The molecule has 6 heteroatoms. The Bertz CT molecular complexity index is 640. The number of benzene rings is 1. The number of amides is 2. The van der Waals surface area contributed by atoms with E-state index in [0.29, 0.717) is 23.5 Å². The Hall–Kier alpha value is -2.34. The van der Waals surface area contributed by atoms with Gasteiger partial charge in [-0.15, -0.1) is 0 Å². The quantitative estimate of drug-likeness (QED) is 0.729. The zero-order chi connectivity index (χ0) is 15.5. The summed E-state index contributed by atoms with van der Waals surface area (Å²) < 4.78 is 5.59. The maximum Gasteiger partial charge on any atom is 0.265 e. The van der Waals surface area contributed by atoms with E-state index in [1.807, 2.05) is 0 Å². The number of fused-ring (bicyclic) bond motifs is 1. The van der Waals surface area contributed by atoms with Crippen molar-refractivity contribution in [1.29, 1.82) is 0 Å². The zero-order valence-corrected chi connectivity index (χ0v) is 12.4. The van der Waals surface area contributed by atoms with Gasteiger partial charge in [-0.05, 0) is 32.0 Å². The van der Waals surface area contributed by atoms with Crippen LogP contribution in [-0.2, 0) is 4.79 Å². The monoisotopic (exact) mass is 301 g/mol. The maximum atomic E-state index is 12.4. The molecule has 116 valence electrons. The van der Waals surface area contributed by atoms with Gasteiger partial charge in [0, 0.05) is 13.1 Å². The van der Waals surface area contributed by atoms with Crippen molar-refractivity contribution in [1.82, 2.24) is 10.6 Å². The summed E-state index contributed by atoms with van der Waals surface area (Å²) in [6.07, 6.45) is 2.44. The summed E-state index contributed by atoms with van der Waals surface area (Å²) in [7, 11) is 0. The lowest BCUT2D eigenvalue weighted by molar-refractivity contribution is -0.122. The molecule has 2 aliphatic heterocycles. The molecule has 0 spiro atoms. The van der Waals surface area contributed by atoms with E-state index in [0.717, 1.165) is 19.5 Å². The molecule has 6 nitrogen and oxygen atoms in total. The Balaban J connectivity index is 1.74. The highest BCUT2D eigenvalue weighted by molar-refractivity contribution is 6.04. The minimum atomic E-state index is -0.603. The molecule has 0 radical (unpaired) electrons. The van der Waals surface area contributed by atoms with Crippen LogP contribution >= 0.6 is 0 Å². The second kappa shape index (κ2) is 6.19. The second-order valence-electron chi connectivity index (χ2n) is 5.43. The Labute approximate surface area is 128 Å². The Morgan fingerprint density at radius 3 is 3.09 bits per heavy atom. The molecule has 0 aliphatic carbocycles. The van der Waals surface area contributed by atoms with Crippen LogP contribution in [0.1, 0.15) is 23.7 Å². The first-order valence-electron chi connectivity index (χ1n) is 7.42. The van der Waals surface area contributed by atoms with E-state index in [-0.39, 0.29) is 11.8 Å². The average Bonchev–Trinajstić information content (AvgIpc) is 2.54. The van der Waals surface area contributed by atoms with Crippen molar-refractivity contribution in [3.05, 3.63) is 35.4 Å². The van der Waals surface area contributed by atoms with Gasteiger partial charge >= 0.3 is 0 Å². The fraction of sp³-hybridized carbons (Fsp3) is 0.375. The number of anilines is 1. The number of nitrogens with one attached hydrogen (secondary N) is 3. The van der Waals surface area contributed by atoms with E-state index in [4.69, 9.17) is 4.74 Å². The predicted octanol–water partition coefficient (Wildman–Crippen LogP) is 1.06. The normalized spacial score (nSPS) is 20.3. The summed E-state index contributed by atoms with van der Waals surface area (Å²) in [5.41, 5.74) is 2.20. The van der Waals surface area contributed by atoms with Crippen LogP contribution in [0.4, 0.5) is 5.69 Å². The minimum absolute atomic E-state index is 0.195. The highest BCUT2D eigenvalue weighted by atomic mass is 16.5. The van der Waals surface area contributed by atoms with Crippen molar-refractivity contribution in [2.45, 2.75) is 19.4 Å². The second-order valence-corrected chi connectivity index (χ2v) is 5.43. The van der Waals surface area contributed by atoms with Gasteiger partial charge in [-0.25, -0.2) is 0 Å². The molecule has 3 N–H and O–H groups in total. The summed E-state index contributed by atoms with van der Waals surface area (Å²) in [5.74, 6) is 0.0379. The van der Waals surface area contributed by atoms with Gasteiger partial charge in [-0.2, -0.15) is 0 Å². The number of hydrogen-bond acceptors (Lipinski definition) is 4. The van der Waals surface area contributed by atoms with Crippen LogP contribution in [0.25, 0.3) is 0 Å². The number of ether oxygens (including phenoxy) is 1. The third-order valence-electron chi connectivity index (χ3n) is 3.82. The molecule has 2 amide bonds. The van der Waals surface area contributed by atoms with Crippen LogP contribution in [0.5, 0.6) is 5.75 Å². The summed E-state index contributed by atoms with van der Waals surface area (Å²) in [4.78, 5) is 24.0. The molecule has 0 fully saturated rings. The fourth-order valence-electron chi connectivity index (χ4n) is 2.53. The Morgan fingerprint density at radius 1 is 1.45 bits per heavy atom. The summed E-state index contributed by atoms with van der Waals surface area (Å²) in [5, 5.41) is 8.90. The zero-order valence-electron chi connectivity index (χ0n) is 12.4. The van der Waals surface area contributed by atoms with Crippen molar-refractivity contribution < 1.29 is 14.3 Å². The van der Waals surface area contributed by atoms with Crippen molar-refractivity contribution >= 4 is 17.5 Å². The number of carbonyl (C=O) groups is 2. The molecule has 3 rings (SSSR count). The van der Waals surface area contributed by atoms with Crippen LogP contribution in [0.3, 0.4) is 0 Å². The van der Waals surface area contributed by atoms with Gasteiger partial charge in [0.25, 0.3) is 11.8 Å². The smallest absolute Gasteiger partial charge is 0.265 e. The molecule has 1 unspecified atom stereocenters. The van der Waals surface area contributed by atoms with Crippen molar-refractivity contribution in [2.75, 3.05) is 25.0 Å². The molecular formula is C16H19N3O3. The largest absolute Gasteiger partial charge is 0.478 e. The average molecular weight is 301 g/mol. The number of carbonyl (C=O) groups excluding carboxylic acids is 2. The molecule has 1 atom stereocenters. The van der Waals surface area contributed by atoms with Gasteiger partial charge in [0.2, 0.25) is 0 Å². The topological polar surface area (TPSA) is 79.5 Å². The molecule has 0 saturated carbocycles. The first-order chi connectivity index (χ1) is 10.6. The molecule has 22 heavy (non-hydrogen) atoms. The SMILES string of the molecule is CC1Oc2c(cccc2C(=O)NCC2=CCNCC2)NC1=O. The van der Waals surface area contributed by atoms with Crippen molar-refractivity contribution in [2.24, 2.45) is 0 Å². The summed E-state index contributed by atoms with van der Waals surface area (Å²) in [6, 6.07) is 5.16. The maximum absolute atomic E-state index is 12.4. The molecule has 2 heterocycles. The third-order valence-corrected chi connectivity index (χ3v) is 3.82. The standard InChI is InChI=1S/C16H19N3O3/c1-10-15(20)19-13-4-2-3-12(14(13)22-10)16(21)18-9-11-5-7-17-8-6-11/h2-5,10,17H,6-9H2,1H3,(H,18,21)(H,19,20). The minimum Gasteiger partial charge on any atom is -0.478 e. The lowest BCUT2D eigenvalue weighted by Gasteiger charge is -2.25. The summed E-state index contributed by atoms with van der Waals surface area (Å²) >= 11 is 0. The Morgan fingerprint density at radius 2 is 2.32 bits per heavy atom. The van der Waals surface area contributed by atoms with E-state index >= 15 is 0 Å². The lowest BCUT2D eigenvalue weighted by Crippen LogP contribution is -2.36. The van der Waals surface area contributed by atoms with Gasteiger partial charge in [0.15, 0.2) is 11.9 Å². The van der Waals surface area contributed by atoms with Crippen LogP contribution < -0.4 is 20.7 Å². The van der Waals surface area contributed by atoms with Gasteiger partial charge in [-0.3, -0.25) is 9.59 Å². The molecule has 0 bridgehead atoms. The van der Waals surface area contributed by atoms with Crippen LogP contribution in [0.15, 0.2) is 29.8 Å². The lowest BCUT2D eigenvalue weighted by atomic mass is 10.1. The number of para-hydroxylation sites is 1. The van der Waals surface area contributed by atoms with Crippen LogP contribution in [0, 0.1) is 0 Å². The predicted molar refractivity (Wildman–Crippen MR) is 83.1 cm³/mol. The van der Waals surface area contributed by atoms with Crippen molar-refractivity contribution in [3.63, 3.8) is 0 Å². The number of hydrogen-bond donors (Lipinski definition) is 3. The highest BCUT2D eigenvalue weighted by Crippen LogP contribution is 2.33. The highest BCUT2D eigenvalue weighted by Gasteiger charge is 2.27. The molecule has 0 saturated heterocycles. The molecule has 1 aromatic rings. The van der Waals surface area contributed by atoms with E-state index < -0.39 is 6.10 Å². The van der Waals surface area contributed by atoms with Crippen molar-refractivity contribution in [3.8, 4) is 5.75 Å². The van der Waals surface area contributed by atoms with Gasteiger partial charge in [-0.1, -0.05) is 17.7 Å². The summed E-state index contributed by atoms with van der Waals surface area (Å²) in [6.45, 7) is 3.98. The van der Waals surface area contributed by atoms with E-state index in [1.165, 1.54) is 5.57 Å². The molecular weight excluding hydrogens is 282 g/mol. The van der Waals surface area contributed by atoms with Crippen LogP contribution in [0.2, 0.25) is 0 Å². The van der Waals surface area contributed by atoms with E-state index in [1.54, 1.807) is 25.1 Å². The number of rotatable bonds is 3. The third kappa shape index (κ3) is 2.96. The van der Waals surface area contributed by atoms with E-state index in [9.17, 15) is 9.59 Å². The molecule has 0 aromatic heterocycles. The first kappa shape index (κ1) is 14.6. The van der Waals surface area contributed by atoms with Gasteiger partial charge < -0.3 is 20.7 Å². The van der Waals surface area contributed by atoms with E-state index in [2.05, 4.69) is 22.0 Å². The van der Waals surface area contributed by atoms with Gasteiger partial charge in [0.05, 0.1) is 11.3 Å².